The van der Waals surface area contributed by atoms with Crippen LogP contribution in [0.2, 0.25) is 0 Å². The molecule has 1 aromatic carbocycles. The van der Waals surface area contributed by atoms with Crippen molar-refractivity contribution in [2.24, 2.45) is 0 Å². The summed E-state index contributed by atoms with van der Waals surface area (Å²) in [5.41, 5.74) is 4.37. The SMILES string of the molecule is COc1c(N2CCOCC2)ncc(-c2cccnc2)c1Nc1c(C)c(-c2ccccn2)nc2cc(F)cc(F)c12. The Hall–Kier alpha value is -4.70. The smallest absolute Gasteiger partial charge is 0.185 e. The van der Waals surface area contributed by atoms with Crippen molar-refractivity contribution in [3.8, 4) is 28.3 Å². The van der Waals surface area contributed by atoms with Gasteiger partial charge < -0.3 is 19.7 Å². The van der Waals surface area contributed by atoms with E-state index in [1.54, 1.807) is 38.0 Å². The molecule has 10 heteroatoms. The minimum Gasteiger partial charge on any atom is -0.491 e. The number of anilines is 3. The molecule has 5 heterocycles. The van der Waals surface area contributed by atoms with E-state index in [2.05, 4.69) is 25.2 Å². The lowest BCUT2D eigenvalue weighted by atomic mass is 10.0. The third-order valence-electron chi connectivity index (χ3n) is 6.91. The minimum atomic E-state index is -0.731. The van der Waals surface area contributed by atoms with Crippen molar-refractivity contribution in [3.05, 3.63) is 84.4 Å². The van der Waals surface area contributed by atoms with Crippen LogP contribution in [0.4, 0.5) is 26.0 Å². The molecule has 0 radical (unpaired) electrons. The standard InChI is InChI=1S/C30H26F2N6O2/c1-18-26(23-7-3-4-9-34-23)36-24-15-20(31)14-22(32)25(24)27(18)37-28-21(19-6-5-8-33-16-19)17-35-30(29(28)39-2)38-10-12-40-13-11-38/h3-9,14-17H,10-13H2,1-2H3,(H,35,36,37). The van der Waals surface area contributed by atoms with Crippen LogP contribution in [0.1, 0.15) is 5.56 Å². The Morgan fingerprint density at radius 3 is 2.55 bits per heavy atom. The maximum Gasteiger partial charge on any atom is 0.185 e. The number of nitrogens with one attached hydrogen (secondary N) is 1. The fourth-order valence-electron chi connectivity index (χ4n) is 4.98. The first-order valence-electron chi connectivity index (χ1n) is 12.8. The molecule has 8 nitrogen and oxygen atoms in total. The molecule has 0 atom stereocenters. The molecule has 1 N–H and O–H groups in total. The van der Waals surface area contributed by atoms with Gasteiger partial charge in [0.2, 0.25) is 0 Å². The van der Waals surface area contributed by atoms with Crippen molar-refractivity contribution >= 4 is 28.1 Å². The number of methoxy groups -OCH3 is 1. The zero-order chi connectivity index (χ0) is 27.6. The Morgan fingerprint density at radius 2 is 1.82 bits per heavy atom. The Balaban J connectivity index is 1.62. The van der Waals surface area contributed by atoms with Crippen LogP contribution in [-0.4, -0.2) is 53.3 Å². The molecule has 1 fully saturated rings. The van der Waals surface area contributed by atoms with Crippen LogP contribution in [0.15, 0.2) is 67.3 Å². The highest BCUT2D eigenvalue weighted by Crippen LogP contribution is 2.45. The summed E-state index contributed by atoms with van der Waals surface area (Å²) in [6.45, 7) is 4.25. The molecule has 0 unspecified atom stereocenters. The van der Waals surface area contributed by atoms with Crippen LogP contribution < -0.4 is 15.0 Å². The fraction of sp³-hybridized carbons (Fsp3) is 0.200. The van der Waals surface area contributed by atoms with Gasteiger partial charge in [0, 0.05) is 66.7 Å². The van der Waals surface area contributed by atoms with Crippen LogP contribution in [0.5, 0.6) is 5.75 Å². The monoisotopic (exact) mass is 540 g/mol. The minimum absolute atomic E-state index is 0.155. The van der Waals surface area contributed by atoms with E-state index >= 15 is 4.39 Å². The molecule has 5 aromatic rings. The summed E-state index contributed by atoms with van der Waals surface area (Å²) in [5, 5.41) is 3.63. The molecule has 0 aliphatic carbocycles. The molecule has 4 aromatic heterocycles. The number of rotatable bonds is 6. The zero-order valence-electron chi connectivity index (χ0n) is 22.0. The third kappa shape index (κ3) is 4.66. The van der Waals surface area contributed by atoms with Gasteiger partial charge in [0.05, 0.1) is 54.0 Å². The Kier molecular flexibility index (Phi) is 6.91. The van der Waals surface area contributed by atoms with Crippen LogP contribution >= 0.6 is 0 Å². The number of ether oxygens (including phenoxy) is 2. The average Bonchev–Trinajstić information content (AvgIpc) is 2.99. The van der Waals surface area contributed by atoms with Crippen molar-refractivity contribution in [3.63, 3.8) is 0 Å². The summed E-state index contributed by atoms with van der Waals surface area (Å²) in [6, 6.07) is 11.3. The molecule has 202 valence electrons. The van der Waals surface area contributed by atoms with Gasteiger partial charge in [0.25, 0.3) is 0 Å². The maximum absolute atomic E-state index is 15.5. The van der Waals surface area contributed by atoms with Crippen LogP contribution in [0, 0.1) is 18.6 Å². The van der Waals surface area contributed by atoms with E-state index in [9.17, 15) is 4.39 Å². The molecule has 0 bridgehead atoms. The van der Waals surface area contributed by atoms with Crippen molar-refractivity contribution in [1.29, 1.82) is 0 Å². The molecule has 1 aliphatic heterocycles. The Labute approximate surface area is 229 Å². The predicted octanol–water partition coefficient (Wildman–Crippen LogP) is 5.93. The highest BCUT2D eigenvalue weighted by molar-refractivity contribution is 6.00. The summed E-state index contributed by atoms with van der Waals surface area (Å²) < 4.78 is 41.4. The zero-order valence-corrected chi connectivity index (χ0v) is 22.0. The lowest BCUT2D eigenvalue weighted by Gasteiger charge is -2.30. The first-order chi connectivity index (χ1) is 19.5. The number of aromatic nitrogens is 4. The number of nitrogens with zero attached hydrogens (tertiary/aromatic N) is 5. The molecule has 0 spiro atoms. The molecule has 0 amide bonds. The fourth-order valence-corrected chi connectivity index (χ4v) is 4.98. The Morgan fingerprint density at radius 1 is 0.975 bits per heavy atom. The molecule has 1 aliphatic rings. The molecular weight excluding hydrogens is 514 g/mol. The molecule has 6 rings (SSSR count). The average molecular weight is 541 g/mol. The largest absolute Gasteiger partial charge is 0.491 e. The van der Waals surface area contributed by atoms with E-state index in [0.717, 1.165) is 11.6 Å². The maximum atomic E-state index is 15.5. The lowest BCUT2D eigenvalue weighted by molar-refractivity contribution is 0.122. The van der Waals surface area contributed by atoms with Gasteiger partial charge in [-0.3, -0.25) is 9.97 Å². The van der Waals surface area contributed by atoms with Crippen LogP contribution in [0.25, 0.3) is 33.4 Å². The molecule has 0 saturated carbocycles. The summed E-state index contributed by atoms with van der Waals surface area (Å²) in [6.07, 6.45) is 6.82. The summed E-state index contributed by atoms with van der Waals surface area (Å²) >= 11 is 0. The summed E-state index contributed by atoms with van der Waals surface area (Å²) in [5.74, 6) is -0.334. The number of hydrogen-bond acceptors (Lipinski definition) is 8. The number of hydrogen-bond donors (Lipinski definition) is 1. The van der Waals surface area contributed by atoms with Crippen LogP contribution in [0.3, 0.4) is 0 Å². The second kappa shape index (κ2) is 10.8. The first kappa shape index (κ1) is 25.6. The molecule has 40 heavy (non-hydrogen) atoms. The van der Waals surface area contributed by atoms with E-state index in [0.29, 0.717) is 71.8 Å². The van der Waals surface area contributed by atoms with Crippen molar-refractivity contribution in [2.45, 2.75) is 6.92 Å². The molecular formula is C30H26F2N6O2. The van der Waals surface area contributed by atoms with Gasteiger partial charge in [-0.2, -0.15) is 0 Å². The van der Waals surface area contributed by atoms with Gasteiger partial charge >= 0.3 is 0 Å². The van der Waals surface area contributed by atoms with E-state index in [4.69, 9.17) is 14.5 Å². The lowest BCUT2D eigenvalue weighted by Crippen LogP contribution is -2.37. The third-order valence-corrected chi connectivity index (χ3v) is 6.91. The second-order valence-corrected chi connectivity index (χ2v) is 9.33. The van der Waals surface area contributed by atoms with Gasteiger partial charge in [0.15, 0.2) is 11.6 Å². The first-order valence-corrected chi connectivity index (χ1v) is 12.8. The van der Waals surface area contributed by atoms with E-state index in [-0.39, 0.29) is 10.9 Å². The highest BCUT2D eigenvalue weighted by atomic mass is 19.1. The number of benzene rings is 1. The van der Waals surface area contributed by atoms with Crippen LogP contribution in [-0.2, 0) is 4.74 Å². The van der Waals surface area contributed by atoms with Gasteiger partial charge in [-0.15, -0.1) is 0 Å². The van der Waals surface area contributed by atoms with Gasteiger partial charge in [-0.05, 0) is 25.1 Å². The number of halogens is 2. The van der Waals surface area contributed by atoms with Gasteiger partial charge in [0.1, 0.15) is 11.6 Å². The van der Waals surface area contributed by atoms with E-state index in [1.165, 1.54) is 6.07 Å². The van der Waals surface area contributed by atoms with E-state index in [1.807, 2.05) is 31.2 Å². The summed E-state index contributed by atoms with van der Waals surface area (Å²) in [7, 11) is 1.58. The number of pyridine rings is 4. The quantitative estimate of drug-likeness (QED) is 0.284. The second-order valence-electron chi connectivity index (χ2n) is 9.33. The summed E-state index contributed by atoms with van der Waals surface area (Å²) in [4.78, 5) is 20.2. The van der Waals surface area contributed by atoms with Gasteiger partial charge in [-0.25, -0.2) is 18.7 Å². The molecule has 1 saturated heterocycles. The van der Waals surface area contributed by atoms with Crippen molar-refractivity contribution < 1.29 is 18.3 Å². The van der Waals surface area contributed by atoms with Crippen molar-refractivity contribution in [1.82, 2.24) is 19.9 Å². The predicted molar refractivity (Wildman–Crippen MR) is 150 cm³/mol. The topological polar surface area (TPSA) is 85.3 Å². The van der Waals surface area contributed by atoms with Crippen molar-refractivity contribution in [2.75, 3.05) is 43.6 Å². The number of fused-ring (bicyclic) bond motifs is 1. The highest BCUT2D eigenvalue weighted by Gasteiger charge is 2.26. The normalized spacial score (nSPS) is 13.4. The number of morpholine rings is 1. The van der Waals surface area contributed by atoms with Gasteiger partial charge in [-0.1, -0.05) is 12.1 Å². The Bertz CT molecular complexity index is 1680. The van der Waals surface area contributed by atoms with E-state index < -0.39 is 11.6 Å².